The molecule has 0 atom stereocenters. The van der Waals surface area contributed by atoms with Crippen molar-refractivity contribution in [2.75, 3.05) is 7.11 Å². The van der Waals surface area contributed by atoms with E-state index >= 15 is 0 Å². The Labute approximate surface area is 96.6 Å². The van der Waals surface area contributed by atoms with E-state index in [1.54, 1.807) is 13.2 Å². The highest BCUT2D eigenvalue weighted by Crippen LogP contribution is 2.38. The van der Waals surface area contributed by atoms with Gasteiger partial charge in [0, 0.05) is 9.86 Å². The van der Waals surface area contributed by atoms with E-state index in [-0.39, 0.29) is 5.75 Å². The first-order valence-corrected chi connectivity index (χ1v) is 5.38. The Balaban J connectivity index is 2.95. The molecule has 0 heterocycles. The molecule has 78 valence electrons. The summed E-state index contributed by atoms with van der Waals surface area (Å²) in [5.41, 5.74) is 1.10. The monoisotopic (exact) mass is 266 g/mol. The van der Waals surface area contributed by atoms with Crippen molar-refractivity contribution in [3.63, 3.8) is 0 Å². The van der Waals surface area contributed by atoms with Crippen LogP contribution >= 0.6 is 15.9 Å². The standard InChI is InChI=1S/C12H11BrO2/c1-7-5-8-9(13)3-4-10(14)12(8)11(6-7)15-2/h3-6,14H,1-2H3. The lowest BCUT2D eigenvalue weighted by molar-refractivity contribution is 0.416. The zero-order chi connectivity index (χ0) is 11.0. The van der Waals surface area contributed by atoms with Gasteiger partial charge in [-0.3, -0.25) is 0 Å². The van der Waals surface area contributed by atoms with E-state index in [9.17, 15) is 5.11 Å². The van der Waals surface area contributed by atoms with E-state index in [1.165, 1.54) is 0 Å². The van der Waals surface area contributed by atoms with Crippen molar-refractivity contribution in [2.45, 2.75) is 6.92 Å². The molecule has 2 aromatic carbocycles. The molecule has 15 heavy (non-hydrogen) atoms. The molecule has 2 nitrogen and oxygen atoms in total. The van der Waals surface area contributed by atoms with Crippen LogP contribution in [0.15, 0.2) is 28.7 Å². The number of benzene rings is 2. The number of methoxy groups -OCH3 is 1. The first kappa shape index (κ1) is 10.3. The molecule has 1 N–H and O–H groups in total. The molecule has 0 aliphatic heterocycles. The molecule has 3 heteroatoms. The highest BCUT2D eigenvalue weighted by Gasteiger charge is 2.09. The van der Waals surface area contributed by atoms with E-state index < -0.39 is 0 Å². The topological polar surface area (TPSA) is 29.5 Å². The van der Waals surface area contributed by atoms with Gasteiger partial charge in [0.25, 0.3) is 0 Å². The Kier molecular flexibility index (Phi) is 2.57. The number of halogens is 1. The number of phenols is 1. The van der Waals surface area contributed by atoms with Gasteiger partial charge in [0.15, 0.2) is 0 Å². The third-order valence-corrected chi connectivity index (χ3v) is 3.06. The molecule has 0 amide bonds. The van der Waals surface area contributed by atoms with Gasteiger partial charge in [0.05, 0.1) is 12.5 Å². The van der Waals surface area contributed by atoms with Gasteiger partial charge in [-0.2, -0.15) is 0 Å². The van der Waals surface area contributed by atoms with Crippen LogP contribution < -0.4 is 4.74 Å². The zero-order valence-corrected chi connectivity index (χ0v) is 10.1. The smallest absolute Gasteiger partial charge is 0.130 e. The summed E-state index contributed by atoms with van der Waals surface area (Å²) in [5, 5.41) is 11.5. The zero-order valence-electron chi connectivity index (χ0n) is 8.54. The molecule has 0 spiro atoms. The van der Waals surface area contributed by atoms with Gasteiger partial charge < -0.3 is 9.84 Å². The fourth-order valence-corrected chi connectivity index (χ4v) is 2.14. The fraction of sp³-hybridized carbons (Fsp3) is 0.167. The molecule has 2 aromatic rings. The molecule has 0 saturated carbocycles. The minimum absolute atomic E-state index is 0.241. The van der Waals surface area contributed by atoms with Gasteiger partial charge in [-0.25, -0.2) is 0 Å². The third kappa shape index (κ3) is 1.67. The van der Waals surface area contributed by atoms with E-state index in [0.717, 1.165) is 20.8 Å². The summed E-state index contributed by atoms with van der Waals surface area (Å²) >= 11 is 3.46. The predicted octanol–water partition coefficient (Wildman–Crippen LogP) is 3.62. The van der Waals surface area contributed by atoms with Crippen LogP contribution in [0.5, 0.6) is 11.5 Å². The normalized spacial score (nSPS) is 10.6. The number of rotatable bonds is 1. The fourth-order valence-electron chi connectivity index (χ4n) is 1.69. The lowest BCUT2D eigenvalue weighted by Gasteiger charge is -2.10. The summed E-state index contributed by atoms with van der Waals surface area (Å²) in [7, 11) is 1.61. The Bertz CT molecular complexity index is 521. The maximum absolute atomic E-state index is 9.80. The summed E-state index contributed by atoms with van der Waals surface area (Å²) < 4.78 is 6.22. The first-order chi connectivity index (χ1) is 7.13. The van der Waals surface area contributed by atoms with Crippen LogP contribution in [0.3, 0.4) is 0 Å². The second kappa shape index (κ2) is 3.74. The largest absolute Gasteiger partial charge is 0.507 e. The highest BCUT2D eigenvalue weighted by atomic mass is 79.9. The van der Waals surface area contributed by atoms with Crippen molar-refractivity contribution in [3.8, 4) is 11.5 Å². The van der Waals surface area contributed by atoms with E-state index in [4.69, 9.17) is 4.74 Å². The van der Waals surface area contributed by atoms with Crippen molar-refractivity contribution in [1.82, 2.24) is 0 Å². The average molecular weight is 267 g/mol. The van der Waals surface area contributed by atoms with Gasteiger partial charge >= 0.3 is 0 Å². The molecular formula is C12H11BrO2. The second-order valence-corrected chi connectivity index (χ2v) is 4.31. The maximum atomic E-state index is 9.80. The molecule has 0 radical (unpaired) electrons. The van der Waals surface area contributed by atoms with Crippen LogP contribution in [0.25, 0.3) is 10.8 Å². The Hall–Kier alpha value is -1.22. The Morgan fingerprint density at radius 1 is 1.27 bits per heavy atom. The molecule has 2 rings (SSSR count). The van der Waals surface area contributed by atoms with Crippen LogP contribution in [0.4, 0.5) is 0 Å². The van der Waals surface area contributed by atoms with Gasteiger partial charge in [0.1, 0.15) is 11.5 Å². The van der Waals surface area contributed by atoms with E-state index in [2.05, 4.69) is 15.9 Å². The second-order valence-electron chi connectivity index (χ2n) is 3.46. The molecule has 0 fully saturated rings. The number of hydrogen-bond acceptors (Lipinski definition) is 2. The van der Waals surface area contributed by atoms with Crippen molar-refractivity contribution < 1.29 is 9.84 Å². The number of aryl methyl sites for hydroxylation is 1. The lowest BCUT2D eigenvalue weighted by atomic mass is 10.1. The van der Waals surface area contributed by atoms with Crippen molar-refractivity contribution in [1.29, 1.82) is 0 Å². The van der Waals surface area contributed by atoms with Crippen LogP contribution in [0, 0.1) is 6.92 Å². The highest BCUT2D eigenvalue weighted by molar-refractivity contribution is 9.10. The lowest BCUT2D eigenvalue weighted by Crippen LogP contribution is -1.87. The average Bonchev–Trinajstić information content (AvgIpc) is 2.22. The summed E-state index contributed by atoms with van der Waals surface area (Å²) in [6.45, 7) is 2.00. The molecule has 0 aromatic heterocycles. The van der Waals surface area contributed by atoms with Crippen LogP contribution in [-0.2, 0) is 0 Å². The van der Waals surface area contributed by atoms with Crippen LogP contribution in [0.2, 0.25) is 0 Å². The van der Waals surface area contributed by atoms with Crippen LogP contribution in [0.1, 0.15) is 5.56 Å². The number of hydrogen-bond donors (Lipinski definition) is 1. The van der Waals surface area contributed by atoms with Crippen molar-refractivity contribution in [3.05, 3.63) is 34.3 Å². The Morgan fingerprint density at radius 3 is 2.67 bits per heavy atom. The number of phenolic OH excluding ortho intramolecular Hbond substituents is 1. The van der Waals surface area contributed by atoms with Gasteiger partial charge in [-0.15, -0.1) is 0 Å². The summed E-state index contributed by atoms with van der Waals surface area (Å²) in [4.78, 5) is 0. The van der Waals surface area contributed by atoms with Gasteiger partial charge in [-0.1, -0.05) is 15.9 Å². The van der Waals surface area contributed by atoms with Crippen molar-refractivity contribution >= 4 is 26.7 Å². The minimum atomic E-state index is 0.241. The summed E-state index contributed by atoms with van der Waals surface area (Å²) in [5.74, 6) is 0.939. The third-order valence-electron chi connectivity index (χ3n) is 2.37. The summed E-state index contributed by atoms with van der Waals surface area (Å²) in [6, 6.07) is 7.41. The Morgan fingerprint density at radius 2 is 2.00 bits per heavy atom. The summed E-state index contributed by atoms with van der Waals surface area (Å²) in [6.07, 6.45) is 0. The molecule has 0 aliphatic carbocycles. The first-order valence-electron chi connectivity index (χ1n) is 4.59. The number of ether oxygens (including phenoxy) is 1. The number of fused-ring (bicyclic) bond motifs is 1. The minimum Gasteiger partial charge on any atom is -0.507 e. The molecule has 0 aliphatic rings. The molecule has 0 bridgehead atoms. The predicted molar refractivity (Wildman–Crippen MR) is 64.6 cm³/mol. The quantitative estimate of drug-likeness (QED) is 0.855. The molecule has 0 unspecified atom stereocenters. The van der Waals surface area contributed by atoms with Crippen LogP contribution in [-0.4, -0.2) is 12.2 Å². The molecular weight excluding hydrogens is 256 g/mol. The van der Waals surface area contributed by atoms with Gasteiger partial charge in [0.2, 0.25) is 0 Å². The molecule has 0 saturated heterocycles. The SMILES string of the molecule is COc1cc(C)cc2c(Br)ccc(O)c12. The van der Waals surface area contributed by atoms with E-state index in [0.29, 0.717) is 5.75 Å². The van der Waals surface area contributed by atoms with E-state index in [1.807, 2.05) is 25.1 Å². The van der Waals surface area contributed by atoms with Gasteiger partial charge in [-0.05, 0) is 36.8 Å². The van der Waals surface area contributed by atoms with Crippen molar-refractivity contribution in [2.24, 2.45) is 0 Å². The number of aromatic hydroxyl groups is 1. The maximum Gasteiger partial charge on any atom is 0.130 e.